The lowest BCUT2D eigenvalue weighted by atomic mass is 10.2. The first-order chi connectivity index (χ1) is 8.65. The normalized spacial score (nSPS) is 10.1. The average molecular weight is 242 g/mol. The second-order valence-electron chi connectivity index (χ2n) is 4.06. The second-order valence-corrected chi connectivity index (χ2v) is 4.06. The van der Waals surface area contributed by atoms with Crippen molar-refractivity contribution in [3.63, 3.8) is 0 Å². The summed E-state index contributed by atoms with van der Waals surface area (Å²) >= 11 is 0. The van der Waals surface area contributed by atoms with Crippen molar-refractivity contribution in [2.45, 2.75) is 13.5 Å². The molecule has 0 bridgehead atoms. The SMILES string of the molecule is Cc1ccc(NCc2cc(C(=O)O)ccn2)cc1. The van der Waals surface area contributed by atoms with Crippen LogP contribution in [0.15, 0.2) is 42.6 Å². The monoisotopic (exact) mass is 242 g/mol. The maximum atomic E-state index is 10.8. The molecule has 0 aliphatic carbocycles. The third-order valence-electron chi connectivity index (χ3n) is 2.59. The third kappa shape index (κ3) is 3.07. The fraction of sp³-hybridized carbons (Fsp3) is 0.143. The summed E-state index contributed by atoms with van der Waals surface area (Å²) in [6, 6.07) is 11.1. The zero-order valence-corrected chi connectivity index (χ0v) is 10.1. The summed E-state index contributed by atoms with van der Waals surface area (Å²) in [5.41, 5.74) is 3.15. The molecule has 1 heterocycles. The number of nitrogens with zero attached hydrogens (tertiary/aromatic N) is 1. The van der Waals surface area contributed by atoms with Gasteiger partial charge in [-0.15, -0.1) is 0 Å². The summed E-state index contributed by atoms with van der Waals surface area (Å²) in [5.74, 6) is -0.936. The first-order valence-corrected chi connectivity index (χ1v) is 5.64. The van der Waals surface area contributed by atoms with Crippen molar-refractivity contribution in [2.75, 3.05) is 5.32 Å². The molecule has 0 atom stereocenters. The molecule has 0 saturated heterocycles. The Morgan fingerprint density at radius 3 is 2.67 bits per heavy atom. The summed E-state index contributed by atoms with van der Waals surface area (Å²) in [7, 11) is 0. The minimum absolute atomic E-state index is 0.255. The third-order valence-corrected chi connectivity index (χ3v) is 2.59. The van der Waals surface area contributed by atoms with Crippen LogP contribution >= 0.6 is 0 Å². The number of aromatic nitrogens is 1. The van der Waals surface area contributed by atoms with E-state index in [1.54, 1.807) is 6.07 Å². The van der Waals surface area contributed by atoms with Gasteiger partial charge in [0.25, 0.3) is 0 Å². The van der Waals surface area contributed by atoms with Gasteiger partial charge in [0, 0.05) is 11.9 Å². The molecule has 0 aliphatic rings. The Hall–Kier alpha value is -2.36. The lowest BCUT2D eigenvalue weighted by Gasteiger charge is -2.06. The molecule has 1 aromatic heterocycles. The van der Waals surface area contributed by atoms with Gasteiger partial charge in [0.1, 0.15) is 0 Å². The van der Waals surface area contributed by atoms with Gasteiger partial charge in [-0.2, -0.15) is 0 Å². The van der Waals surface area contributed by atoms with E-state index in [0.717, 1.165) is 5.69 Å². The predicted octanol–water partition coefficient (Wildman–Crippen LogP) is 2.70. The fourth-order valence-electron chi connectivity index (χ4n) is 1.57. The van der Waals surface area contributed by atoms with Gasteiger partial charge in [0.05, 0.1) is 17.8 Å². The minimum atomic E-state index is -0.936. The van der Waals surface area contributed by atoms with E-state index >= 15 is 0 Å². The van der Waals surface area contributed by atoms with Crippen LogP contribution in [0, 0.1) is 6.92 Å². The Morgan fingerprint density at radius 2 is 2.00 bits per heavy atom. The molecule has 2 aromatic rings. The van der Waals surface area contributed by atoms with Crippen LogP contribution in [0.25, 0.3) is 0 Å². The molecular formula is C14H14N2O2. The van der Waals surface area contributed by atoms with E-state index in [-0.39, 0.29) is 5.56 Å². The summed E-state index contributed by atoms with van der Waals surface area (Å²) in [6.45, 7) is 2.53. The van der Waals surface area contributed by atoms with Crippen LogP contribution in [0.2, 0.25) is 0 Å². The Balaban J connectivity index is 2.04. The van der Waals surface area contributed by atoms with Crippen LogP contribution in [0.1, 0.15) is 21.6 Å². The van der Waals surface area contributed by atoms with Gasteiger partial charge in [-0.25, -0.2) is 4.79 Å². The Morgan fingerprint density at radius 1 is 1.28 bits per heavy atom. The van der Waals surface area contributed by atoms with E-state index in [2.05, 4.69) is 10.3 Å². The van der Waals surface area contributed by atoms with Crippen LogP contribution in [0.5, 0.6) is 0 Å². The molecule has 0 radical (unpaired) electrons. The maximum absolute atomic E-state index is 10.8. The topological polar surface area (TPSA) is 62.2 Å². The molecule has 0 amide bonds. The van der Waals surface area contributed by atoms with E-state index in [1.807, 2.05) is 31.2 Å². The molecule has 18 heavy (non-hydrogen) atoms. The minimum Gasteiger partial charge on any atom is -0.478 e. The van der Waals surface area contributed by atoms with E-state index in [1.165, 1.54) is 17.8 Å². The molecule has 0 unspecified atom stereocenters. The number of anilines is 1. The molecule has 0 aliphatic heterocycles. The molecular weight excluding hydrogens is 228 g/mol. The van der Waals surface area contributed by atoms with Crippen molar-refractivity contribution in [3.8, 4) is 0 Å². The van der Waals surface area contributed by atoms with Crippen molar-refractivity contribution in [3.05, 3.63) is 59.4 Å². The highest BCUT2D eigenvalue weighted by Crippen LogP contribution is 2.10. The number of hydrogen-bond acceptors (Lipinski definition) is 3. The van der Waals surface area contributed by atoms with Gasteiger partial charge in [-0.1, -0.05) is 17.7 Å². The van der Waals surface area contributed by atoms with E-state index in [9.17, 15) is 4.79 Å². The van der Waals surface area contributed by atoms with Crippen molar-refractivity contribution in [1.82, 2.24) is 4.98 Å². The number of carbonyl (C=O) groups is 1. The number of rotatable bonds is 4. The van der Waals surface area contributed by atoms with E-state index < -0.39 is 5.97 Å². The summed E-state index contributed by atoms with van der Waals surface area (Å²) in [5, 5.41) is 12.1. The fourth-order valence-corrected chi connectivity index (χ4v) is 1.57. The lowest BCUT2D eigenvalue weighted by Crippen LogP contribution is -2.04. The van der Waals surface area contributed by atoms with Crippen LogP contribution < -0.4 is 5.32 Å². The van der Waals surface area contributed by atoms with E-state index in [4.69, 9.17) is 5.11 Å². The number of carboxylic acids is 1. The Labute approximate surface area is 105 Å². The smallest absolute Gasteiger partial charge is 0.335 e. The summed E-state index contributed by atoms with van der Waals surface area (Å²) in [6.07, 6.45) is 1.51. The zero-order chi connectivity index (χ0) is 13.0. The molecule has 4 nitrogen and oxygen atoms in total. The molecule has 2 rings (SSSR count). The molecule has 0 fully saturated rings. The summed E-state index contributed by atoms with van der Waals surface area (Å²) < 4.78 is 0. The van der Waals surface area contributed by atoms with Crippen LogP contribution in [-0.2, 0) is 6.54 Å². The highest BCUT2D eigenvalue weighted by molar-refractivity contribution is 5.87. The number of pyridine rings is 1. The maximum Gasteiger partial charge on any atom is 0.335 e. The van der Waals surface area contributed by atoms with Gasteiger partial charge in [-0.3, -0.25) is 4.98 Å². The van der Waals surface area contributed by atoms with Gasteiger partial charge >= 0.3 is 5.97 Å². The number of benzene rings is 1. The van der Waals surface area contributed by atoms with E-state index in [0.29, 0.717) is 12.2 Å². The van der Waals surface area contributed by atoms with Crippen molar-refractivity contribution in [2.24, 2.45) is 0 Å². The molecule has 4 heteroatoms. The molecule has 0 saturated carbocycles. The van der Waals surface area contributed by atoms with Crippen LogP contribution in [0.4, 0.5) is 5.69 Å². The molecule has 2 N–H and O–H groups in total. The van der Waals surface area contributed by atoms with Crippen LogP contribution in [-0.4, -0.2) is 16.1 Å². The molecule has 92 valence electrons. The summed E-state index contributed by atoms with van der Waals surface area (Å²) in [4.78, 5) is 14.9. The second kappa shape index (κ2) is 5.31. The first kappa shape index (κ1) is 12.1. The van der Waals surface area contributed by atoms with Crippen molar-refractivity contribution < 1.29 is 9.90 Å². The number of carboxylic acid groups (broad SMARTS) is 1. The zero-order valence-electron chi connectivity index (χ0n) is 10.1. The Kier molecular flexibility index (Phi) is 3.57. The Bertz CT molecular complexity index is 550. The highest BCUT2D eigenvalue weighted by Gasteiger charge is 2.03. The first-order valence-electron chi connectivity index (χ1n) is 5.64. The quantitative estimate of drug-likeness (QED) is 0.865. The number of hydrogen-bond donors (Lipinski definition) is 2. The number of nitrogens with one attached hydrogen (secondary N) is 1. The average Bonchev–Trinajstić information content (AvgIpc) is 2.38. The molecule has 1 aromatic carbocycles. The molecule has 0 spiro atoms. The number of aromatic carboxylic acids is 1. The lowest BCUT2D eigenvalue weighted by molar-refractivity contribution is 0.0696. The van der Waals surface area contributed by atoms with Gasteiger partial charge in [0.2, 0.25) is 0 Å². The van der Waals surface area contributed by atoms with Gasteiger partial charge < -0.3 is 10.4 Å². The van der Waals surface area contributed by atoms with Crippen molar-refractivity contribution >= 4 is 11.7 Å². The highest BCUT2D eigenvalue weighted by atomic mass is 16.4. The largest absolute Gasteiger partial charge is 0.478 e. The van der Waals surface area contributed by atoms with Gasteiger partial charge in [-0.05, 0) is 31.2 Å². The van der Waals surface area contributed by atoms with Gasteiger partial charge in [0.15, 0.2) is 0 Å². The predicted molar refractivity (Wildman–Crippen MR) is 69.7 cm³/mol. The van der Waals surface area contributed by atoms with Crippen LogP contribution in [0.3, 0.4) is 0 Å². The van der Waals surface area contributed by atoms with Crippen molar-refractivity contribution in [1.29, 1.82) is 0 Å². The number of aryl methyl sites for hydroxylation is 1. The standard InChI is InChI=1S/C14H14N2O2/c1-10-2-4-12(5-3-10)16-9-13-8-11(14(17)18)6-7-15-13/h2-8,16H,9H2,1H3,(H,17,18).